The van der Waals surface area contributed by atoms with Crippen LogP contribution in [-0.2, 0) is 11.2 Å². The molecule has 30 heavy (non-hydrogen) atoms. The van der Waals surface area contributed by atoms with E-state index in [1.54, 1.807) is 12.3 Å². The number of anilines is 1. The Morgan fingerprint density at radius 1 is 1.23 bits per heavy atom. The van der Waals surface area contributed by atoms with Gasteiger partial charge in [-0.2, -0.15) is 0 Å². The van der Waals surface area contributed by atoms with E-state index in [9.17, 15) is 9.18 Å². The van der Waals surface area contributed by atoms with Crippen LogP contribution in [0.4, 0.5) is 10.1 Å². The van der Waals surface area contributed by atoms with Gasteiger partial charge < -0.3 is 14.2 Å². The maximum atomic E-state index is 14.2. The van der Waals surface area contributed by atoms with Gasteiger partial charge in [0.05, 0.1) is 11.9 Å². The highest BCUT2D eigenvalue weighted by Gasteiger charge is 2.42. The monoisotopic (exact) mass is 408 g/mol. The number of oxazole rings is 1. The van der Waals surface area contributed by atoms with Gasteiger partial charge in [0.2, 0.25) is 5.91 Å². The summed E-state index contributed by atoms with van der Waals surface area (Å²) in [4.78, 5) is 25.2. The number of carbonyl (C=O) groups is 1. The van der Waals surface area contributed by atoms with Gasteiger partial charge >= 0.3 is 0 Å². The summed E-state index contributed by atoms with van der Waals surface area (Å²) < 4.78 is 20.0. The first-order chi connectivity index (χ1) is 14.6. The van der Waals surface area contributed by atoms with E-state index in [-0.39, 0.29) is 23.8 Å². The molecule has 2 aliphatic heterocycles. The quantitative estimate of drug-likeness (QED) is 0.641. The minimum absolute atomic E-state index is 0.176. The first kappa shape index (κ1) is 19.0. The molecule has 2 aliphatic rings. The van der Waals surface area contributed by atoms with Crippen molar-refractivity contribution in [1.82, 2.24) is 14.9 Å². The third kappa shape index (κ3) is 3.42. The van der Waals surface area contributed by atoms with Crippen LogP contribution in [0.3, 0.4) is 0 Å². The van der Waals surface area contributed by atoms with E-state index >= 15 is 0 Å². The fraction of sp³-hybridized carbons (Fsp3) is 0.435. The Morgan fingerprint density at radius 3 is 2.80 bits per heavy atom. The van der Waals surface area contributed by atoms with Crippen molar-refractivity contribution in [3.8, 4) is 0 Å². The molecule has 0 N–H and O–H groups in total. The molecular weight excluding hydrogens is 383 g/mol. The molecule has 6 nitrogen and oxygen atoms in total. The lowest BCUT2D eigenvalue weighted by Crippen LogP contribution is -2.55. The van der Waals surface area contributed by atoms with E-state index in [4.69, 9.17) is 4.42 Å². The number of pyridine rings is 1. The predicted octanol–water partition coefficient (Wildman–Crippen LogP) is 3.87. The van der Waals surface area contributed by atoms with Gasteiger partial charge in [0.1, 0.15) is 5.52 Å². The van der Waals surface area contributed by atoms with Gasteiger partial charge in [0, 0.05) is 44.7 Å². The number of benzene rings is 1. The highest BCUT2D eigenvalue weighted by atomic mass is 19.1. The van der Waals surface area contributed by atoms with Crippen LogP contribution in [-0.4, -0.2) is 45.9 Å². The Hall–Kier alpha value is -2.96. The van der Waals surface area contributed by atoms with Gasteiger partial charge in [0.15, 0.2) is 17.3 Å². The fourth-order valence-electron chi connectivity index (χ4n) is 4.98. The number of aromatic nitrogens is 2. The van der Waals surface area contributed by atoms with Crippen molar-refractivity contribution in [3.63, 3.8) is 0 Å². The number of para-hydroxylation sites is 1. The molecule has 4 heterocycles. The van der Waals surface area contributed by atoms with Gasteiger partial charge in [-0.25, -0.2) is 9.37 Å². The van der Waals surface area contributed by atoms with Crippen molar-refractivity contribution in [1.29, 1.82) is 0 Å². The van der Waals surface area contributed by atoms with E-state index < -0.39 is 0 Å². The molecule has 1 aromatic carbocycles. The molecule has 0 saturated carbocycles. The van der Waals surface area contributed by atoms with Crippen LogP contribution in [0.2, 0.25) is 0 Å². The van der Waals surface area contributed by atoms with Crippen LogP contribution in [0.25, 0.3) is 11.1 Å². The molecule has 1 amide bonds. The maximum Gasteiger partial charge on any atom is 0.222 e. The van der Waals surface area contributed by atoms with Crippen molar-refractivity contribution in [2.45, 2.75) is 51.1 Å². The molecule has 2 saturated heterocycles. The predicted molar refractivity (Wildman–Crippen MR) is 112 cm³/mol. The van der Waals surface area contributed by atoms with Crippen LogP contribution in [0.1, 0.15) is 37.1 Å². The van der Waals surface area contributed by atoms with Crippen LogP contribution in [0.15, 0.2) is 41.1 Å². The fourth-order valence-corrected chi connectivity index (χ4v) is 4.98. The van der Waals surface area contributed by atoms with E-state index in [0.717, 1.165) is 42.3 Å². The molecule has 7 heteroatoms. The Balaban J connectivity index is 1.20. The zero-order chi connectivity index (χ0) is 20.7. The minimum Gasteiger partial charge on any atom is -0.441 e. The number of halogens is 1. The Morgan fingerprint density at radius 2 is 2.03 bits per heavy atom. The molecule has 2 unspecified atom stereocenters. The number of amides is 1. The normalized spacial score (nSPS) is 20.9. The summed E-state index contributed by atoms with van der Waals surface area (Å²) in [5.41, 5.74) is 3.40. The Kier molecular flexibility index (Phi) is 4.89. The number of carbonyl (C=O) groups excluding carboxylic acids is 1. The summed E-state index contributed by atoms with van der Waals surface area (Å²) in [7, 11) is 0. The van der Waals surface area contributed by atoms with Gasteiger partial charge in [-0.15, -0.1) is 0 Å². The largest absolute Gasteiger partial charge is 0.441 e. The number of rotatable bonds is 5. The second-order valence-electron chi connectivity index (χ2n) is 8.27. The summed E-state index contributed by atoms with van der Waals surface area (Å²) in [5.74, 6) is 0.557. The summed E-state index contributed by atoms with van der Waals surface area (Å²) in [6.07, 6.45) is 6.94. The second-order valence-corrected chi connectivity index (χ2v) is 8.27. The van der Waals surface area contributed by atoms with Crippen molar-refractivity contribution >= 4 is 22.7 Å². The number of likely N-dealkylation sites (tertiary alicyclic amines) is 1. The van der Waals surface area contributed by atoms with Crippen molar-refractivity contribution in [2.24, 2.45) is 0 Å². The minimum atomic E-state index is -0.286. The number of hydrogen-bond acceptors (Lipinski definition) is 5. The van der Waals surface area contributed by atoms with Crippen molar-refractivity contribution in [2.75, 3.05) is 18.0 Å². The molecule has 2 fully saturated rings. The van der Waals surface area contributed by atoms with Crippen LogP contribution < -0.4 is 4.90 Å². The highest BCUT2D eigenvalue weighted by Crippen LogP contribution is 2.36. The first-order valence-corrected chi connectivity index (χ1v) is 10.6. The number of hydrogen-bond donors (Lipinski definition) is 0. The van der Waals surface area contributed by atoms with Gasteiger partial charge in [-0.3, -0.25) is 9.78 Å². The highest BCUT2D eigenvalue weighted by molar-refractivity contribution is 5.78. The molecule has 0 aliphatic carbocycles. The average Bonchev–Trinajstić information content (AvgIpc) is 3.24. The number of piperazine rings is 1. The van der Waals surface area contributed by atoms with Crippen molar-refractivity contribution < 1.29 is 13.6 Å². The number of nitrogens with zero attached hydrogens (tertiary/aromatic N) is 4. The topological polar surface area (TPSA) is 62.5 Å². The summed E-state index contributed by atoms with van der Waals surface area (Å²) in [6.45, 7) is 3.17. The van der Waals surface area contributed by atoms with E-state index in [1.807, 2.05) is 30.0 Å². The number of fused-ring (bicyclic) bond motifs is 3. The van der Waals surface area contributed by atoms with Crippen molar-refractivity contribution in [3.05, 3.63) is 53.9 Å². The van der Waals surface area contributed by atoms with E-state index in [0.29, 0.717) is 31.1 Å². The molecule has 2 bridgehead atoms. The van der Waals surface area contributed by atoms with Gasteiger partial charge in [-0.05, 0) is 43.4 Å². The van der Waals surface area contributed by atoms with Crippen LogP contribution in [0.5, 0.6) is 0 Å². The zero-order valence-corrected chi connectivity index (χ0v) is 17.1. The lowest BCUT2D eigenvalue weighted by atomic mass is 10.1. The smallest absolute Gasteiger partial charge is 0.222 e. The Bertz CT molecular complexity index is 1070. The molecular formula is C23H25FN4O2. The van der Waals surface area contributed by atoms with Gasteiger partial charge in [0.25, 0.3) is 0 Å². The van der Waals surface area contributed by atoms with E-state index in [2.05, 4.69) is 14.9 Å². The SMILES string of the molecule is Cc1nc2cccc(CCCC(=O)N3CC4CCC(C3)N4c3ccncc3F)c2o1. The molecule has 3 aromatic rings. The molecule has 2 aromatic heterocycles. The lowest BCUT2D eigenvalue weighted by Gasteiger charge is -2.42. The zero-order valence-electron chi connectivity index (χ0n) is 17.1. The van der Waals surface area contributed by atoms with Crippen LogP contribution in [0, 0.1) is 12.7 Å². The third-order valence-corrected chi connectivity index (χ3v) is 6.30. The molecule has 5 rings (SSSR count). The summed E-state index contributed by atoms with van der Waals surface area (Å²) >= 11 is 0. The average molecular weight is 408 g/mol. The van der Waals surface area contributed by atoms with Gasteiger partial charge in [-0.1, -0.05) is 12.1 Å². The third-order valence-electron chi connectivity index (χ3n) is 6.30. The standard InChI is InChI=1S/C23H25FN4O2/c1-15-26-20-6-2-4-16(23(20)30-15)5-3-7-22(29)27-13-17-8-9-18(14-27)28(17)21-10-11-25-12-19(21)24/h2,4,6,10-12,17-18H,3,5,7-9,13-14H2,1H3. The molecule has 0 spiro atoms. The molecule has 2 atom stereocenters. The first-order valence-electron chi connectivity index (χ1n) is 10.6. The molecule has 0 radical (unpaired) electrons. The van der Waals surface area contributed by atoms with Crippen LogP contribution >= 0.6 is 0 Å². The summed E-state index contributed by atoms with van der Waals surface area (Å²) in [5, 5.41) is 0. The summed E-state index contributed by atoms with van der Waals surface area (Å²) in [6, 6.07) is 8.06. The number of aryl methyl sites for hydroxylation is 2. The molecule has 156 valence electrons. The second kappa shape index (κ2) is 7.70. The Labute approximate surface area is 174 Å². The maximum absolute atomic E-state index is 14.2. The lowest BCUT2D eigenvalue weighted by molar-refractivity contribution is -0.132. The van der Waals surface area contributed by atoms with E-state index in [1.165, 1.54) is 6.20 Å².